The Labute approximate surface area is 187 Å². The average Bonchev–Trinajstić information content (AvgIpc) is 3.46. The van der Waals surface area contributed by atoms with Crippen molar-refractivity contribution < 1.29 is 18.7 Å². The minimum atomic E-state index is -0.965. The molecule has 11 nitrogen and oxygen atoms in total. The third kappa shape index (κ3) is 4.89. The van der Waals surface area contributed by atoms with Crippen LogP contribution in [0.15, 0.2) is 30.6 Å². The van der Waals surface area contributed by atoms with Crippen molar-refractivity contribution in [3.63, 3.8) is 0 Å². The lowest BCUT2D eigenvalue weighted by Gasteiger charge is -2.15. The van der Waals surface area contributed by atoms with Gasteiger partial charge in [-0.3, -0.25) is 10.1 Å². The highest BCUT2D eigenvalue weighted by Gasteiger charge is 2.26. The number of nitrogens with one attached hydrogen (secondary N) is 2. The lowest BCUT2D eigenvalue weighted by atomic mass is 10.1. The largest absolute Gasteiger partial charge is 0.494 e. The molecule has 168 valence electrons. The van der Waals surface area contributed by atoms with Crippen LogP contribution >= 0.6 is 11.3 Å². The number of ether oxygens (including phenoxy) is 2. The van der Waals surface area contributed by atoms with E-state index in [-0.39, 0.29) is 11.8 Å². The monoisotopic (exact) mass is 460 g/mol. The van der Waals surface area contributed by atoms with E-state index >= 15 is 0 Å². The SMILES string of the molecule is COc1cc([C@H](OC)C(=O)Nc2nnc(N[C@@H]3CCN(c4nccnn4)C3)s2)ccc1F. The number of halogens is 1. The van der Waals surface area contributed by atoms with Crippen molar-refractivity contribution in [1.29, 1.82) is 0 Å². The topological polar surface area (TPSA) is 127 Å². The molecule has 1 aliphatic rings. The van der Waals surface area contributed by atoms with E-state index < -0.39 is 17.8 Å². The molecule has 2 aromatic heterocycles. The molecule has 1 saturated heterocycles. The zero-order valence-corrected chi connectivity index (χ0v) is 18.2. The second-order valence-electron chi connectivity index (χ2n) is 6.93. The molecule has 0 spiro atoms. The molecule has 0 bridgehead atoms. The Bertz CT molecular complexity index is 1070. The first-order valence-corrected chi connectivity index (χ1v) is 10.5. The zero-order valence-electron chi connectivity index (χ0n) is 17.4. The molecule has 1 fully saturated rings. The molecule has 0 saturated carbocycles. The van der Waals surface area contributed by atoms with Crippen molar-refractivity contribution in [2.45, 2.75) is 18.6 Å². The van der Waals surface area contributed by atoms with Gasteiger partial charge in [0.05, 0.1) is 19.5 Å². The molecule has 1 aliphatic heterocycles. The normalized spacial score (nSPS) is 16.6. The summed E-state index contributed by atoms with van der Waals surface area (Å²) >= 11 is 1.21. The summed E-state index contributed by atoms with van der Waals surface area (Å²) in [6.45, 7) is 1.49. The number of benzene rings is 1. The molecule has 1 aromatic carbocycles. The molecule has 0 radical (unpaired) electrons. The summed E-state index contributed by atoms with van der Waals surface area (Å²) < 4.78 is 24.0. The van der Waals surface area contributed by atoms with Crippen LogP contribution in [0.5, 0.6) is 5.75 Å². The predicted molar refractivity (Wildman–Crippen MR) is 115 cm³/mol. The minimum absolute atomic E-state index is 0.0297. The number of anilines is 3. The van der Waals surface area contributed by atoms with Gasteiger partial charge in [0.1, 0.15) is 0 Å². The number of amides is 1. The first kappa shape index (κ1) is 21.8. The maximum atomic E-state index is 13.7. The molecule has 1 amide bonds. The minimum Gasteiger partial charge on any atom is -0.494 e. The average molecular weight is 460 g/mol. The Morgan fingerprint density at radius 2 is 2.09 bits per heavy atom. The summed E-state index contributed by atoms with van der Waals surface area (Å²) in [6.07, 6.45) is 3.05. The predicted octanol–water partition coefficient (Wildman–Crippen LogP) is 1.89. The fourth-order valence-corrected chi connectivity index (χ4v) is 4.08. The molecule has 32 heavy (non-hydrogen) atoms. The van der Waals surface area contributed by atoms with Crippen LogP contribution in [0.1, 0.15) is 18.1 Å². The summed E-state index contributed by atoms with van der Waals surface area (Å²) in [7, 11) is 2.75. The third-order valence-electron chi connectivity index (χ3n) is 4.88. The Kier molecular flexibility index (Phi) is 6.66. The van der Waals surface area contributed by atoms with Crippen LogP contribution in [0.2, 0.25) is 0 Å². The molecule has 2 N–H and O–H groups in total. The van der Waals surface area contributed by atoms with E-state index in [1.54, 1.807) is 6.20 Å². The molecule has 3 heterocycles. The molecular weight excluding hydrogens is 439 g/mol. The van der Waals surface area contributed by atoms with Gasteiger partial charge in [-0.1, -0.05) is 17.4 Å². The van der Waals surface area contributed by atoms with Crippen LogP contribution in [-0.4, -0.2) is 64.6 Å². The van der Waals surface area contributed by atoms with Crippen LogP contribution in [0.3, 0.4) is 0 Å². The summed E-state index contributed by atoms with van der Waals surface area (Å²) in [5, 5.41) is 22.9. The Balaban J connectivity index is 1.36. The van der Waals surface area contributed by atoms with E-state index in [0.717, 1.165) is 13.0 Å². The van der Waals surface area contributed by atoms with Crippen molar-refractivity contribution in [3.05, 3.63) is 42.0 Å². The number of rotatable bonds is 8. The molecule has 4 rings (SSSR count). The number of hydrogen-bond acceptors (Lipinski definition) is 11. The van der Waals surface area contributed by atoms with Gasteiger partial charge in [0.15, 0.2) is 17.7 Å². The van der Waals surface area contributed by atoms with E-state index in [1.165, 1.54) is 50.0 Å². The fraction of sp³-hybridized carbons (Fsp3) is 0.368. The third-order valence-corrected chi connectivity index (χ3v) is 5.65. The van der Waals surface area contributed by atoms with Crippen LogP contribution in [0.25, 0.3) is 0 Å². The fourth-order valence-electron chi connectivity index (χ4n) is 3.36. The van der Waals surface area contributed by atoms with Crippen molar-refractivity contribution in [3.8, 4) is 5.75 Å². The highest BCUT2D eigenvalue weighted by Crippen LogP contribution is 2.28. The number of hydrogen-bond donors (Lipinski definition) is 2. The quantitative estimate of drug-likeness (QED) is 0.514. The summed E-state index contributed by atoms with van der Waals surface area (Å²) in [6, 6.07) is 4.25. The zero-order chi connectivity index (χ0) is 22.5. The van der Waals surface area contributed by atoms with Crippen molar-refractivity contribution in [1.82, 2.24) is 25.4 Å². The first-order chi connectivity index (χ1) is 15.6. The Morgan fingerprint density at radius 1 is 1.25 bits per heavy atom. The molecule has 0 aliphatic carbocycles. The lowest BCUT2D eigenvalue weighted by molar-refractivity contribution is -0.126. The van der Waals surface area contributed by atoms with Gasteiger partial charge in [-0.2, -0.15) is 5.10 Å². The molecule has 3 aromatic rings. The lowest BCUT2D eigenvalue weighted by Crippen LogP contribution is -2.27. The molecule has 13 heteroatoms. The maximum absolute atomic E-state index is 13.7. The van der Waals surface area contributed by atoms with Crippen LogP contribution in [0, 0.1) is 5.82 Å². The second-order valence-corrected chi connectivity index (χ2v) is 7.91. The van der Waals surface area contributed by atoms with E-state index in [1.807, 2.05) is 4.90 Å². The van der Waals surface area contributed by atoms with Gasteiger partial charge < -0.3 is 19.7 Å². The molecule has 2 atom stereocenters. The molecule has 0 unspecified atom stereocenters. The smallest absolute Gasteiger partial charge is 0.259 e. The summed E-state index contributed by atoms with van der Waals surface area (Å²) in [5.74, 6) is -0.358. The van der Waals surface area contributed by atoms with Gasteiger partial charge in [-0.15, -0.1) is 15.3 Å². The van der Waals surface area contributed by atoms with Gasteiger partial charge >= 0.3 is 0 Å². The standard InChI is InChI=1S/C19H21FN8O3S/c1-30-14-9-11(3-4-13(14)20)15(31-2)16(29)24-19-27-26-18(32-19)23-12-5-8-28(10-12)17-21-6-7-22-25-17/h3-4,6-7,9,12,15H,5,8,10H2,1-2H3,(H,23,26)(H,24,27,29)/t12-,15+/m1/s1. The van der Waals surface area contributed by atoms with Crippen LogP contribution in [0.4, 0.5) is 20.6 Å². The van der Waals surface area contributed by atoms with Gasteiger partial charge in [-0.25, -0.2) is 9.37 Å². The van der Waals surface area contributed by atoms with Gasteiger partial charge in [-0.05, 0) is 24.1 Å². The Hall–Kier alpha value is -3.45. The number of carbonyl (C=O) groups excluding carboxylic acids is 1. The number of methoxy groups -OCH3 is 2. The van der Waals surface area contributed by atoms with E-state index in [4.69, 9.17) is 9.47 Å². The first-order valence-electron chi connectivity index (χ1n) is 9.73. The van der Waals surface area contributed by atoms with E-state index in [0.29, 0.717) is 28.3 Å². The van der Waals surface area contributed by atoms with Crippen LogP contribution < -0.4 is 20.3 Å². The van der Waals surface area contributed by atoms with Gasteiger partial charge in [0.2, 0.25) is 16.2 Å². The van der Waals surface area contributed by atoms with Crippen molar-refractivity contribution in [2.24, 2.45) is 0 Å². The van der Waals surface area contributed by atoms with E-state index in [2.05, 4.69) is 36.0 Å². The number of carbonyl (C=O) groups is 1. The highest BCUT2D eigenvalue weighted by molar-refractivity contribution is 7.19. The maximum Gasteiger partial charge on any atom is 0.259 e. The summed E-state index contributed by atoms with van der Waals surface area (Å²) in [5.41, 5.74) is 0.454. The van der Waals surface area contributed by atoms with Crippen molar-refractivity contribution in [2.75, 3.05) is 42.8 Å². The Morgan fingerprint density at radius 3 is 2.84 bits per heavy atom. The van der Waals surface area contributed by atoms with Gasteiger partial charge in [0, 0.05) is 26.2 Å². The van der Waals surface area contributed by atoms with E-state index in [9.17, 15) is 9.18 Å². The molecular formula is C19H21FN8O3S. The second kappa shape index (κ2) is 9.78. The summed E-state index contributed by atoms with van der Waals surface area (Å²) in [4.78, 5) is 19.0. The van der Waals surface area contributed by atoms with Crippen molar-refractivity contribution >= 4 is 33.5 Å². The van der Waals surface area contributed by atoms with Crippen LogP contribution in [-0.2, 0) is 9.53 Å². The highest BCUT2D eigenvalue weighted by atomic mass is 32.1. The number of aromatic nitrogens is 5. The van der Waals surface area contributed by atoms with Gasteiger partial charge in [0.25, 0.3) is 5.91 Å². The number of nitrogens with zero attached hydrogens (tertiary/aromatic N) is 6.